The van der Waals surface area contributed by atoms with Gasteiger partial charge in [-0.3, -0.25) is 10.1 Å². The molecule has 1 N–H and O–H groups in total. The molecule has 1 aromatic heterocycles. The first-order chi connectivity index (χ1) is 9.44. The molecule has 1 aromatic rings. The van der Waals surface area contributed by atoms with Gasteiger partial charge in [0.2, 0.25) is 5.91 Å². The van der Waals surface area contributed by atoms with Gasteiger partial charge in [0.05, 0.1) is 0 Å². The van der Waals surface area contributed by atoms with Crippen molar-refractivity contribution in [1.29, 1.82) is 0 Å². The molecule has 0 radical (unpaired) electrons. The second kappa shape index (κ2) is 3.86. The topological polar surface area (TPSA) is 32.3 Å². The molecule has 2 aliphatic carbocycles. The lowest BCUT2D eigenvalue weighted by molar-refractivity contribution is -0.136. The number of thiophene rings is 1. The van der Waals surface area contributed by atoms with E-state index in [1.807, 2.05) is 11.3 Å². The Morgan fingerprint density at radius 2 is 2.05 bits per heavy atom. The van der Waals surface area contributed by atoms with Crippen LogP contribution in [0.1, 0.15) is 55.5 Å². The fraction of sp³-hybridized carbons (Fsp3) is 0.688. The zero-order valence-corrected chi connectivity index (χ0v) is 13.2. The molecule has 0 bridgehead atoms. The van der Waals surface area contributed by atoms with Crippen molar-refractivity contribution in [3.8, 4) is 0 Å². The summed E-state index contributed by atoms with van der Waals surface area (Å²) in [5, 5.41) is 3.65. The van der Waals surface area contributed by atoms with Gasteiger partial charge in [-0.2, -0.15) is 0 Å². The van der Waals surface area contributed by atoms with Crippen LogP contribution in [0.25, 0.3) is 0 Å². The van der Waals surface area contributed by atoms with Crippen molar-refractivity contribution >= 4 is 17.2 Å². The number of nitrogens with one attached hydrogen (secondary N) is 1. The summed E-state index contributed by atoms with van der Waals surface area (Å²) in [6.07, 6.45) is 4.62. The lowest BCUT2D eigenvalue weighted by Crippen LogP contribution is -2.49. The third-order valence-electron chi connectivity index (χ3n) is 5.28. The van der Waals surface area contributed by atoms with E-state index >= 15 is 0 Å². The van der Waals surface area contributed by atoms with E-state index in [2.05, 4.69) is 43.1 Å². The normalized spacial score (nSPS) is 28.4. The molecule has 108 valence electrons. The minimum atomic E-state index is -0.227. The van der Waals surface area contributed by atoms with Gasteiger partial charge in [0.25, 0.3) is 0 Å². The number of hydrogen-bond donors (Lipinski definition) is 1. The molecule has 4 heteroatoms. The molecule has 2 saturated carbocycles. The van der Waals surface area contributed by atoms with E-state index in [1.165, 1.54) is 22.6 Å². The zero-order valence-electron chi connectivity index (χ0n) is 12.4. The fourth-order valence-corrected chi connectivity index (χ4v) is 4.52. The molecule has 1 unspecified atom stereocenters. The van der Waals surface area contributed by atoms with Crippen molar-refractivity contribution in [3.63, 3.8) is 0 Å². The van der Waals surface area contributed by atoms with Crippen LogP contribution >= 0.6 is 11.3 Å². The Hall–Kier alpha value is -0.870. The van der Waals surface area contributed by atoms with Crippen molar-refractivity contribution in [3.05, 3.63) is 21.9 Å². The van der Waals surface area contributed by atoms with E-state index in [-0.39, 0.29) is 17.2 Å². The number of carbonyl (C=O) groups is 1. The number of nitrogens with zero attached hydrogens (tertiary/aromatic N) is 1. The maximum Gasteiger partial charge on any atom is 0.244 e. The van der Waals surface area contributed by atoms with Gasteiger partial charge in [0, 0.05) is 15.3 Å². The highest BCUT2D eigenvalue weighted by Crippen LogP contribution is 2.53. The van der Waals surface area contributed by atoms with Crippen LogP contribution in [0.2, 0.25) is 0 Å². The minimum absolute atomic E-state index is 0.0290. The molecule has 1 atom stereocenters. The summed E-state index contributed by atoms with van der Waals surface area (Å²) in [5.74, 6) is 1.01. The van der Waals surface area contributed by atoms with Crippen LogP contribution in [-0.2, 0) is 4.79 Å². The van der Waals surface area contributed by atoms with Gasteiger partial charge in [-0.25, -0.2) is 0 Å². The third kappa shape index (κ3) is 1.70. The molecule has 20 heavy (non-hydrogen) atoms. The molecular weight excluding hydrogens is 268 g/mol. The Labute approximate surface area is 124 Å². The maximum atomic E-state index is 12.9. The molecule has 3 nitrogen and oxygen atoms in total. The van der Waals surface area contributed by atoms with Crippen LogP contribution in [0.5, 0.6) is 0 Å². The molecule has 2 heterocycles. The molecule has 0 aromatic carbocycles. The average molecular weight is 290 g/mol. The molecule has 3 fully saturated rings. The van der Waals surface area contributed by atoms with Gasteiger partial charge >= 0.3 is 0 Å². The number of rotatable bonds is 3. The monoisotopic (exact) mass is 290 g/mol. The molecule has 1 spiro atoms. The van der Waals surface area contributed by atoms with E-state index in [1.54, 1.807) is 0 Å². The lowest BCUT2D eigenvalue weighted by atomic mass is 9.95. The van der Waals surface area contributed by atoms with Gasteiger partial charge in [-0.15, -0.1) is 11.3 Å². The number of aryl methyl sites for hydroxylation is 1. The highest BCUT2D eigenvalue weighted by atomic mass is 32.1. The standard InChI is InChI=1S/C16H22N2OS/c1-10-4-7-12(20-10)13-17-16(8-9-16)14(19)18(13)15(2,3)11-5-6-11/h4,7,11,13,17H,5-6,8-9H2,1-3H3. The number of amides is 1. The number of hydrogen-bond acceptors (Lipinski definition) is 3. The predicted molar refractivity (Wildman–Crippen MR) is 80.5 cm³/mol. The van der Waals surface area contributed by atoms with Crippen molar-refractivity contribution in [2.45, 2.75) is 63.7 Å². The van der Waals surface area contributed by atoms with E-state index in [0.29, 0.717) is 11.8 Å². The maximum absolute atomic E-state index is 12.9. The van der Waals surface area contributed by atoms with Gasteiger partial charge in [-0.1, -0.05) is 0 Å². The van der Waals surface area contributed by atoms with Crippen LogP contribution in [0.15, 0.2) is 12.1 Å². The van der Waals surface area contributed by atoms with Crippen molar-refractivity contribution in [1.82, 2.24) is 10.2 Å². The summed E-state index contributed by atoms with van der Waals surface area (Å²) in [6, 6.07) is 4.34. The summed E-state index contributed by atoms with van der Waals surface area (Å²) in [5.41, 5.74) is -0.256. The minimum Gasteiger partial charge on any atom is -0.315 e. The van der Waals surface area contributed by atoms with Crippen molar-refractivity contribution in [2.24, 2.45) is 5.92 Å². The Bertz CT molecular complexity index is 569. The summed E-state index contributed by atoms with van der Waals surface area (Å²) in [6.45, 7) is 6.63. The van der Waals surface area contributed by atoms with E-state index in [9.17, 15) is 4.79 Å². The van der Waals surface area contributed by atoms with Gasteiger partial charge in [0.15, 0.2) is 0 Å². The molecule has 3 aliphatic rings. The van der Waals surface area contributed by atoms with Gasteiger partial charge < -0.3 is 4.90 Å². The Balaban J connectivity index is 1.74. The smallest absolute Gasteiger partial charge is 0.244 e. The van der Waals surface area contributed by atoms with Crippen molar-refractivity contribution < 1.29 is 4.79 Å². The second-order valence-electron chi connectivity index (χ2n) is 7.18. The fourth-order valence-electron chi connectivity index (χ4n) is 3.60. The van der Waals surface area contributed by atoms with Crippen LogP contribution in [-0.4, -0.2) is 21.9 Å². The van der Waals surface area contributed by atoms with Gasteiger partial charge in [-0.05, 0) is 64.5 Å². The van der Waals surface area contributed by atoms with Crippen LogP contribution in [0.4, 0.5) is 0 Å². The first-order valence-corrected chi connectivity index (χ1v) is 8.43. The molecule has 1 saturated heterocycles. The zero-order chi connectivity index (χ0) is 14.1. The van der Waals surface area contributed by atoms with E-state index < -0.39 is 0 Å². The second-order valence-corrected chi connectivity index (χ2v) is 8.50. The summed E-state index contributed by atoms with van der Waals surface area (Å²) < 4.78 is 0. The van der Waals surface area contributed by atoms with E-state index in [4.69, 9.17) is 0 Å². The predicted octanol–water partition coefficient (Wildman–Crippen LogP) is 3.21. The first-order valence-electron chi connectivity index (χ1n) is 7.62. The summed E-state index contributed by atoms with van der Waals surface area (Å²) in [7, 11) is 0. The van der Waals surface area contributed by atoms with Crippen LogP contribution < -0.4 is 5.32 Å². The van der Waals surface area contributed by atoms with E-state index in [0.717, 1.165) is 12.8 Å². The largest absolute Gasteiger partial charge is 0.315 e. The SMILES string of the molecule is Cc1ccc(C2NC3(CC3)C(=O)N2C(C)(C)C2CC2)s1. The summed E-state index contributed by atoms with van der Waals surface area (Å²) in [4.78, 5) is 17.7. The molecule has 1 amide bonds. The Morgan fingerprint density at radius 3 is 2.55 bits per heavy atom. The van der Waals surface area contributed by atoms with Crippen LogP contribution in [0, 0.1) is 12.8 Å². The van der Waals surface area contributed by atoms with Crippen molar-refractivity contribution in [2.75, 3.05) is 0 Å². The lowest BCUT2D eigenvalue weighted by Gasteiger charge is -2.39. The first kappa shape index (κ1) is 12.8. The molecule has 4 rings (SSSR count). The highest BCUT2D eigenvalue weighted by molar-refractivity contribution is 7.12. The Kier molecular flexibility index (Phi) is 2.48. The number of carbonyl (C=O) groups excluding carboxylic acids is 1. The Morgan fingerprint density at radius 1 is 1.35 bits per heavy atom. The van der Waals surface area contributed by atoms with Gasteiger partial charge in [0.1, 0.15) is 11.7 Å². The summed E-state index contributed by atoms with van der Waals surface area (Å²) >= 11 is 1.81. The third-order valence-corrected chi connectivity index (χ3v) is 6.33. The molecular formula is C16H22N2OS. The highest BCUT2D eigenvalue weighted by Gasteiger charge is 2.63. The molecule has 1 aliphatic heterocycles. The quantitative estimate of drug-likeness (QED) is 0.927. The average Bonchev–Trinajstić information content (AvgIpc) is 3.27. The van der Waals surface area contributed by atoms with Crippen LogP contribution in [0.3, 0.4) is 0 Å².